The fourth-order valence-corrected chi connectivity index (χ4v) is 3.42. The van der Waals surface area contributed by atoms with Crippen LogP contribution >= 0.6 is 0 Å². The molecule has 0 atom stereocenters. The maximum absolute atomic E-state index is 12.9. The number of rotatable bonds is 5. The first-order valence-corrected chi connectivity index (χ1v) is 9.42. The Kier molecular flexibility index (Phi) is 5.28. The van der Waals surface area contributed by atoms with Gasteiger partial charge in [-0.3, -0.25) is 4.79 Å². The SMILES string of the molecule is O=C(NCCc1ccc(F)cc1)c1ccc(N2CCCc3ccccc32)nn1. The minimum Gasteiger partial charge on any atom is -0.350 e. The number of nitrogens with one attached hydrogen (secondary N) is 1. The second kappa shape index (κ2) is 8.17. The zero-order valence-corrected chi connectivity index (χ0v) is 15.4. The molecule has 28 heavy (non-hydrogen) atoms. The standard InChI is InChI=1S/C22H21FN4O/c23-18-9-7-16(8-10-18)13-14-24-22(28)19-11-12-21(26-25-19)27-15-3-5-17-4-1-2-6-20(17)27/h1-2,4,6-12H,3,5,13-15H2,(H,24,28). The van der Waals surface area contributed by atoms with Crippen LogP contribution in [0.1, 0.15) is 28.0 Å². The topological polar surface area (TPSA) is 58.1 Å². The molecule has 0 radical (unpaired) electrons. The van der Waals surface area contributed by atoms with Gasteiger partial charge in [-0.15, -0.1) is 10.2 Å². The maximum atomic E-state index is 12.9. The van der Waals surface area contributed by atoms with E-state index in [2.05, 4.69) is 32.5 Å². The van der Waals surface area contributed by atoms with Crippen LogP contribution in [0.2, 0.25) is 0 Å². The third-order valence-electron chi connectivity index (χ3n) is 4.88. The molecule has 3 aromatic rings. The van der Waals surface area contributed by atoms with Crippen LogP contribution in [0.4, 0.5) is 15.9 Å². The molecule has 0 aliphatic carbocycles. The molecule has 5 nitrogen and oxygen atoms in total. The van der Waals surface area contributed by atoms with Crippen LogP contribution in [0.3, 0.4) is 0 Å². The number of amides is 1. The molecule has 0 spiro atoms. The first-order valence-electron chi connectivity index (χ1n) is 9.42. The molecule has 6 heteroatoms. The third-order valence-corrected chi connectivity index (χ3v) is 4.88. The van der Waals surface area contributed by atoms with Crippen LogP contribution in [0, 0.1) is 5.82 Å². The number of carbonyl (C=O) groups excluding carboxylic acids is 1. The highest BCUT2D eigenvalue weighted by Crippen LogP contribution is 2.31. The van der Waals surface area contributed by atoms with Gasteiger partial charge in [0.15, 0.2) is 11.5 Å². The van der Waals surface area contributed by atoms with Gasteiger partial charge >= 0.3 is 0 Å². The molecule has 1 aliphatic rings. The lowest BCUT2D eigenvalue weighted by atomic mass is 10.0. The summed E-state index contributed by atoms with van der Waals surface area (Å²) in [6, 6.07) is 18.1. The van der Waals surface area contributed by atoms with E-state index in [0.717, 1.165) is 36.5 Å². The number of halogens is 1. The lowest BCUT2D eigenvalue weighted by Crippen LogP contribution is -2.28. The molecule has 1 aliphatic heterocycles. The zero-order chi connectivity index (χ0) is 19.3. The van der Waals surface area contributed by atoms with Crippen molar-refractivity contribution in [3.63, 3.8) is 0 Å². The molecule has 0 saturated heterocycles. The monoisotopic (exact) mass is 376 g/mol. The number of nitrogens with zero attached hydrogens (tertiary/aromatic N) is 3. The normalized spacial score (nSPS) is 13.1. The molecule has 0 bridgehead atoms. The number of anilines is 2. The van der Waals surface area contributed by atoms with Crippen molar-refractivity contribution in [1.82, 2.24) is 15.5 Å². The van der Waals surface area contributed by atoms with E-state index in [4.69, 9.17) is 0 Å². The Labute approximate surface area is 163 Å². The van der Waals surface area contributed by atoms with E-state index in [0.29, 0.717) is 13.0 Å². The molecule has 0 saturated carbocycles. The van der Waals surface area contributed by atoms with Crippen molar-refractivity contribution in [3.05, 3.63) is 83.3 Å². The van der Waals surface area contributed by atoms with Gasteiger partial charge in [0.1, 0.15) is 5.82 Å². The van der Waals surface area contributed by atoms with Gasteiger partial charge in [0.05, 0.1) is 0 Å². The number of benzene rings is 2. The van der Waals surface area contributed by atoms with Gasteiger partial charge in [-0.05, 0) is 60.7 Å². The number of aryl methyl sites for hydroxylation is 1. The van der Waals surface area contributed by atoms with E-state index in [1.807, 2.05) is 18.2 Å². The van der Waals surface area contributed by atoms with E-state index in [1.54, 1.807) is 18.2 Å². The lowest BCUT2D eigenvalue weighted by molar-refractivity contribution is 0.0948. The van der Waals surface area contributed by atoms with E-state index in [-0.39, 0.29) is 17.4 Å². The summed E-state index contributed by atoms with van der Waals surface area (Å²) in [4.78, 5) is 14.4. The van der Waals surface area contributed by atoms with E-state index in [9.17, 15) is 9.18 Å². The largest absolute Gasteiger partial charge is 0.350 e. The molecule has 142 valence electrons. The van der Waals surface area contributed by atoms with Crippen LogP contribution in [-0.4, -0.2) is 29.2 Å². The molecule has 1 amide bonds. The van der Waals surface area contributed by atoms with Crippen LogP contribution in [0.15, 0.2) is 60.7 Å². The molecule has 1 aromatic heterocycles. The minimum absolute atomic E-state index is 0.264. The van der Waals surface area contributed by atoms with Gasteiger partial charge < -0.3 is 10.2 Å². The Morgan fingerprint density at radius 1 is 1.04 bits per heavy atom. The van der Waals surface area contributed by atoms with Gasteiger partial charge in [0.2, 0.25) is 0 Å². The van der Waals surface area contributed by atoms with Gasteiger partial charge in [-0.25, -0.2) is 4.39 Å². The zero-order valence-electron chi connectivity index (χ0n) is 15.4. The highest BCUT2D eigenvalue weighted by atomic mass is 19.1. The molecule has 1 N–H and O–H groups in total. The Balaban J connectivity index is 1.38. The fourth-order valence-electron chi connectivity index (χ4n) is 3.42. The van der Waals surface area contributed by atoms with E-state index in [1.165, 1.54) is 17.7 Å². The lowest BCUT2D eigenvalue weighted by Gasteiger charge is -2.29. The maximum Gasteiger partial charge on any atom is 0.271 e. The Morgan fingerprint density at radius 2 is 1.86 bits per heavy atom. The smallest absolute Gasteiger partial charge is 0.271 e. The summed E-state index contributed by atoms with van der Waals surface area (Å²) in [5.74, 6) is 0.217. The summed E-state index contributed by atoms with van der Waals surface area (Å²) in [7, 11) is 0. The predicted molar refractivity (Wildman–Crippen MR) is 106 cm³/mol. The van der Waals surface area contributed by atoms with Gasteiger partial charge in [0.25, 0.3) is 5.91 Å². The van der Waals surface area contributed by atoms with Crippen LogP contribution in [0.25, 0.3) is 0 Å². The highest BCUT2D eigenvalue weighted by Gasteiger charge is 2.19. The van der Waals surface area contributed by atoms with Crippen molar-refractivity contribution in [2.45, 2.75) is 19.3 Å². The van der Waals surface area contributed by atoms with Crippen molar-refractivity contribution in [1.29, 1.82) is 0 Å². The summed E-state index contributed by atoms with van der Waals surface area (Å²) >= 11 is 0. The third kappa shape index (κ3) is 4.01. The number of hydrogen-bond donors (Lipinski definition) is 1. The summed E-state index contributed by atoms with van der Waals surface area (Å²) in [6.45, 7) is 1.34. The molecule has 0 unspecified atom stereocenters. The molecular weight excluding hydrogens is 355 g/mol. The fraction of sp³-hybridized carbons (Fsp3) is 0.227. The van der Waals surface area contributed by atoms with E-state index >= 15 is 0 Å². The molecule has 4 rings (SSSR count). The second-order valence-corrected chi connectivity index (χ2v) is 6.79. The average Bonchev–Trinajstić information content (AvgIpc) is 2.75. The molecule has 0 fully saturated rings. The number of hydrogen-bond acceptors (Lipinski definition) is 4. The molecule has 2 aromatic carbocycles. The van der Waals surface area contributed by atoms with Crippen molar-refractivity contribution in [3.8, 4) is 0 Å². The minimum atomic E-state index is -0.264. The first-order chi connectivity index (χ1) is 13.7. The summed E-state index contributed by atoms with van der Waals surface area (Å²) < 4.78 is 12.9. The number of carbonyl (C=O) groups is 1. The summed E-state index contributed by atoms with van der Waals surface area (Å²) in [5, 5.41) is 11.2. The van der Waals surface area contributed by atoms with Crippen LogP contribution < -0.4 is 10.2 Å². The van der Waals surface area contributed by atoms with E-state index < -0.39 is 0 Å². The number of aromatic nitrogens is 2. The Bertz CT molecular complexity index is 957. The van der Waals surface area contributed by atoms with Crippen molar-refractivity contribution >= 4 is 17.4 Å². The Morgan fingerprint density at radius 3 is 2.64 bits per heavy atom. The second-order valence-electron chi connectivity index (χ2n) is 6.79. The molecular formula is C22H21FN4O. The average molecular weight is 376 g/mol. The van der Waals surface area contributed by atoms with Crippen molar-refractivity contribution in [2.75, 3.05) is 18.0 Å². The quantitative estimate of drug-likeness (QED) is 0.738. The highest BCUT2D eigenvalue weighted by molar-refractivity contribution is 5.92. The predicted octanol–water partition coefficient (Wildman–Crippen LogP) is 3.67. The van der Waals surface area contributed by atoms with Crippen LogP contribution in [0.5, 0.6) is 0 Å². The van der Waals surface area contributed by atoms with Gasteiger partial charge in [-0.2, -0.15) is 0 Å². The van der Waals surface area contributed by atoms with Crippen molar-refractivity contribution < 1.29 is 9.18 Å². The van der Waals surface area contributed by atoms with Crippen molar-refractivity contribution in [2.24, 2.45) is 0 Å². The van der Waals surface area contributed by atoms with Gasteiger partial charge in [-0.1, -0.05) is 30.3 Å². The number of fused-ring (bicyclic) bond motifs is 1. The summed E-state index contributed by atoms with van der Waals surface area (Å²) in [6.07, 6.45) is 2.75. The first kappa shape index (κ1) is 18.1. The molecule has 2 heterocycles. The Hall–Kier alpha value is -3.28. The van der Waals surface area contributed by atoms with Crippen LogP contribution in [-0.2, 0) is 12.8 Å². The van der Waals surface area contributed by atoms with Gasteiger partial charge in [0, 0.05) is 18.8 Å². The summed E-state index contributed by atoms with van der Waals surface area (Å²) in [5.41, 5.74) is 3.71. The number of para-hydroxylation sites is 1.